The third-order valence-corrected chi connectivity index (χ3v) is 5.05. The quantitative estimate of drug-likeness (QED) is 0.669. The average molecular weight is 413 g/mol. The molecule has 3 aromatic rings. The molecule has 1 heterocycles. The lowest BCUT2D eigenvalue weighted by Gasteiger charge is -2.13. The first kappa shape index (κ1) is 20.2. The Bertz CT molecular complexity index is 1160. The van der Waals surface area contributed by atoms with Gasteiger partial charge in [-0.2, -0.15) is 0 Å². The van der Waals surface area contributed by atoms with Gasteiger partial charge < -0.3 is 10.6 Å². The van der Waals surface area contributed by atoms with Crippen molar-refractivity contribution in [3.63, 3.8) is 0 Å². The Balaban J connectivity index is 1.82. The van der Waals surface area contributed by atoms with Gasteiger partial charge in [0.15, 0.2) is 9.84 Å². The molecule has 0 bridgehead atoms. The lowest BCUT2D eigenvalue weighted by Crippen LogP contribution is -2.17. The highest BCUT2D eigenvalue weighted by Gasteiger charge is 2.15. The van der Waals surface area contributed by atoms with Crippen molar-refractivity contribution in [2.45, 2.75) is 4.90 Å². The van der Waals surface area contributed by atoms with Crippen LogP contribution >= 0.6 is 0 Å². The standard InChI is InChI=1S/C20H16FN3O4S/c1-29(27,28)15-8-5-13(6-9-15)19(25)24-18-12-14(21)7-10-16(18)23-20(26)17-4-2-3-11-22-17/h2-12H,1H3,(H,23,26)(H,24,25). The molecular formula is C20H16FN3O4S. The number of pyridine rings is 1. The van der Waals surface area contributed by atoms with Crippen molar-refractivity contribution in [3.05, 3.63) is 83.9 Å². The lowest BCUT2D eigenvalue weighted by molar-refractivity contribution is 0.101. The fourth-order valence-corrected chi connectivity index (χ4v) is 3.09. The SMILES string of the molecule is CS(=O)(=O)c1ccc(C(=O)Nc2cc(F)ccc2NC(=O)c2ccccn2)cc1. The van der Waals surface area contributed by atoms with Crippen molar-refractivity contribution in [3.8, 4) is 0 Å². The molecule has 7 nitrogen and oxygen atoms in total. The number of rotatable bonds is 5. The monoisotopic (exact) mass is 413 g/mol. The molecule has 2 amide bonds. The van der Waals surface area contributed by atoms with E-state index in [1.807, 2.05) is 0 Å². The second kappa shape index (κ2) is 8.19. The summed E-state index contributed by atoms with van der Waals surface area (Å²) in [4.78, 5) is 28.8. The van der Waals surface area contributed by atoms with Crippen molar-refractivity contribution in [1.82, 2.24) is 4.98 Å². The summed E-state index contributed by atoms with van der Waals surface area (Å²) in [6.45, 7) is 0. The van der Waals surface area contributed by atoms with Gasteiger partial charge >= 0.3 is 0 Å². The molecule has 2 aromatic carbocycles. The second-order valence-corrected chi connectivity index (χ2v) is 8.13. The first-order valence-electron chi connectivity index (χ1n) is 8.37. The highest BCUT2D eigenvalue weighted by Crippen LogP contribution is 2.24. The van der Waals surface area contributed by atoms with Crippen LogP contribution in [0.5, 0.6) is 0 Å². The fraction of sp³-hybridized carbons (Fsp3) is 0.0500. The van der Waals surface area contributed by atoms with E-state index >= 15 is 0 Å². The van der Waals surface area contributed by atoms with Crippen LogP contribution in [-0.4, -0.2) is 31.5 Å². The van der Waals surface area contributed by atoms with Gasteiger partial charge in [-0.1, -0.05) is 6.07 Å². The summed E-state index contributed by atoms with van der Waals surface area (Å²) in [5.41, 5.74) is 0.559. The molecule has 0 saturated carbocycles. The number of sulfone groups is 1. The Morgan fingerprint density at radius 1 is 0.897 bits per heavy atom. The molecule has 29 heavy (non-hydrogen) atoms. The Morgan fingerprint density at radius 2 is 1.59 bits per heavy atom. The van der Waals surface area contributed by atoms with Crippen LogP contribution in [0.15, 0.2) is 71.8 Å². The molecule has 3 rings (SSSR count). The third-order valence-electron chi connectivity index (χ3n) is 3.92. The molecule has 2 N–H and O–H groups in total. The highest BCUT2D eigenvalue weighted by molar-refractivity contribution is 7.90. The van der Waals surface area contributed by atoms with Crippen molar-refractivity contribution >= 4 is 33.0 Å². The average Bonchev–Trinajstić information content (AvgIpc) is 2.70. The number of carbonyl (C=O) groups is 2. The van der Waals surface area contributed by atoms with Crippen LogP contribution in [0.4, 0.5) is 15.8 Å². The smallest absolute Gasteiger partial charge is 0.274 e. The van der Waals surface area contributed by atoms with E-state index in [1.54, 1.807) is 12.1 Å². The van der Waals surface area contributed by atoms with Crippen LogP contribution in [0.2, 0.25) is 0 Å². The van der Waals surface area contributed by atoms with Crippen molar-refractivity contribution in [2.75, 3.05) is 16.9 Å². The first-order chi connectivity index (χ1) is 13.7. The van der Waals surface area contributed by atoms with E-state index in [0.717, 1.165) is 18.4 Å². The van der Waals surface area contributed by atoms with E-state index < -0.39 is 27.5 Å². The van der Waals surface area contributed by atoms with Crippen LogP contribution in [0, 0.1) is 5.82 Å². The molecule has 0 spiro atoms. The number of halogens is 1. The molecule has 1 aromatic heterocycles. The zero-order chi connectivity index (χ0) is 21.0. The summed E-state index contributed by atoms with van der Waals surface area (Å²) in [6, 6.07) is 13.7. The zero-order valence-electron chi connectivity index (χ0n) is 15.2. The largest absolute Gasteiger partial charge is 0.320 e. The van der Waals surface area contributed by atoms with Crippen LogP contribution in [0.3, 0.4) is 0 Å². The molecule has 0 radical (unpaired) electrons. The number of benzene rings is 2. The molecule has 0 aliphatic carbocycles. The summed E-state index contributed by atoms with van der Waals surface area (Å²) in [5.74, 6) is -1.72. The van der Waals surface area contributed by atoms with Crippen molar-refractivity contribution < 1.29 is 22.4 Å². The van der Waals surface area contributed by atoms with Crippen molar-refractivity contribution in [2.24, 2.45) is 0 Å². The van der Waals surface area contributed by atoms with Crippen LogP contribution < -0.4 is 10.6 Å². The van der Waals surface area contributed by atoms with Gasteiger partial charge in [0.1, 0.15) is 11.5 Å². The van der Waals surface area contributed by atoms with Crippen LogP contribution in [0.1, 0.15) is 20.8 Å². The Hall–Kier alpha value is -3.59. The minimum atomic E-state index is -3.39. The van der Waals surface area contributed by atoms with Crippen LogP contribution in [0.25, 0.3) is 0 Å². The Labute approximate surface area is 166 Å². The number of anilines is 2. The van der Waals surface area contributed by atoms with Gasteiger partial charge in [-0.25, -0.2) is 12.8 Å². The van der Waals surface area contributed by atoms with Gasteiger partial charge in [-0.3, -0.25) is 14.6 Å². The molecule has 0 atom stereocenters. The number of amides is 2. The number of carbonyl (C=O) groups excluding carboxylic acids is 2. The van der Waals surface area contributed by atoms with E-state index in [-0.39, 0.29) is 27.5 Å². The lowest BCUT2D eigenvalue weighted by atomic mass is 10.2. The summed E-state index contributed by atoms with van der Waals surface area (Å²) in [5, 5.41) is 5.10. The first-order valence-corrected chi connectivity index (χ1v) is 10.3. The van der Waals surface area contributed by atoms with Gasteiger partial charge in [0, 0.05) is 18.0 Å². The summed E-state index contributed by atoms with van der Waals surface area (Å²) in [7, 11) is -3.39. The van der Waals surface area contributed by atoms with Gasteiger partial charge in [0.05, 0.1) is 16.3 Å². The number of aromatic nitrogens is 1. The van der Waals surface area contributed by atoms with E-state index in [0.29, 0.717) is 0 Å². The molecule has 0 fully saturated rings. The predicted molar refractivity (Wildman–Crippen MR) is 106 cm³/mol. The normalized spacial score (nSPS) is 11.0. The van der Waals surface area contributed by atoms with Crippen molar-refractivity contribution in [1.29, 1.82) is 0 Å². The van der Waals surface area contributed by atoms with E-state index in [4.69, 9.17) is 0 Å². The van der Waals surface area contributed by atoms with E-state index in [2.05, 4.69) is 15.6 Å². The number of nitrogens with one attached hydrogen (secondary N) is 2. The van der Waals surface area contributed by atoms with Gasteiger partial charge in [-0.15, -0.1) is 0 Å². The minimum Gasteiger partial charge on any atom is -0.320 e. The highest BCUT2D eigenvalue weighted by atomic mass is 32.2. The zero-order valence-corrected chi connectivity index (χ0v) is 16.0. The van der Waals surface area contributed by atoms with E-state index in [1.165, 1.54) is 42.6 Å². The maximum absolute atomic E-state index is 13.7. The topological polar surface area (TPSA) is 105 Å². The number of nitrogens with zero attached hydrogens (tertiary/aromatic N) is 1. The molecule has 0 aliphatic heterocycles. The minimum absolute atomic E-state index is 0.0477. The predicted octanol–water partition coefficient (Wildman–Crippen LogP) is 3.13. The number of hydrogen-bond donors (Lipinski definition) is 2. The van der Waals surface area contributed by atoms with Gasteiger partial charge in [0.25, 0.3) is 11.8 Å². The maximum Gasteiger partial charge on any atom is 0.274 e. The van der Waals surface area contributed by atoms with Gasteiger partial charge in [0.2, 0.25) is 0 Å². The Kier molecular flexibility index (Phi) is 5.69. The van der Waals surface area contributed by atoms with Gasteiger partial charge in [-0.05, 0) is 54.6 Å². The summed E-state index contributed by atoms with van der Waals surface area (Å²) < 4.78 is 36.7. The Morgan fingerprint density at radius 3 is 2.21 bits per heavy atom. The van der Waals surface area contributed by atoms with E-state index in [9.17, 15) is 22.4 Å². The third kappa shape index (κ3) is 5.02. The maximum atomic E-state index is 13.7. The molecule has 9 heteroatoms. The fourth-order valence-electron chi connectivity index (χ4n) is 2.46. The molecule has 0 aliphatic rings. The summed E-state index contributed by atoms with van der Waals surface area (Å²) in [6.07, 6.45) is 2.52. The number of hydrogen-bond acceptors (Lipinski definition) is 5. The molecule has 148 valence electrons. The molecule has 0 unspecified atom stereocenters. The van der Waals surface area contributed by atoms with Crippen LogP contribution in [-0.2, 0) is 9.84 Å². The molecular weight excluding hydrogens is 397 g/mol. The molecule has 0 saturated heterocycles. The second-order valence-electron chi connectivity index (χ2n) is 6.11. The summed E-state index contributed by atoms with van der Waals surface area (Å²) >= 11 is 0.